The predicted molar refractivity (Wildman–Crippen MR) is 103 cm³/mol. The van der Waals surface area contributed by atoms with E-state index in [1.165, 1.54) is 0 Å². The lowest BCUT2D eigenvalue weighted by atomic mass is 10.1. The Kier molecular flexibility index (Phi) is 5.73. The summed E-state index contributed by atoms with van der Waals surface area (Å²) in [6.07, 6.45) is 0.818. The second kappa shape index (κ2) is 8.03. The molecule has 1 heterocycles. The molecule has 27 heavy (non-hydrogen) atoms. The van der Waals surface area contributed by atoms with Gasteiger partial charge in [-0.05, 0) is 49.8 Å². The summed E-state index contributed by atoms with van der Waals surface area (Å²) < 4.78 is 16.1. The van der Waals surface area contributed by atoms with Gasteiger partial charge in [0.05, 0.1) is 22.2 Å². The van der Waals surface area contributed by atoms with E-state index in [9.17, 15) is 9.59 Å². The molecule has 0 N–H and O–H groups in total. The molecular weight excluding hydrogens is 391 g/mol. The van der Waals surface area contributed by atoms with Gasteiger partial charge in [0.25, 0.3) is 0 Å². The Hall–Kier alpha value is -2.50. The fourth-order valence-electron chi connectivity index (χ4n) is 2.51. The molecule has 1 aliphatic rings. The Labute approximate surface area is 166 Å². The molecule has 1 atom stereocenters. The van der Waals surface area contributed by atoms with Crippen LogP contribution in [0.25, 0.3) is 6.08 Å². The van der Waals surface area contributed by atoms with Gasteiger partial charge in [-0.3, -0.25) is 4.79 Å². The number of ketones is 1. The fourth-order valence-corrected chi connectivity index (χ4v) is 2.81. The lowest BCUT2D eigenvalue weighted by Gasteiger charge is -2.13. The lowest BCUT2D eigenvalue weighted by molar-refractivity contribution is -0.150. The van der Waals surface area contributed by atoms with Crippen molar-refractivity contribution in [3.05, 3.63) is 63.3 Å². The van der Waals surface area contributed by atoms with Crippen LogP contribution in [0.15, 0.2) is 42.2 Å². The van der Waals surface area contributed by atoms with Crippen molar-refractivity contribution in [3.8, 4) is 11.5 Å². The molecule has 7 heteroatoms. The number of rotatable bonds is 5. The molecule has 5 nitrogen and oxygen atoms in total. The van der Waals surface area contributed by atoms with Crippen molar-refractivity contribution in [2.75, 3.05) is 6.61 Å². The van der Waals surface area contributed by atoms with Crippen LogP contribution in [0.2, 0.25) is 10.0 Å². The SMILES string of the molecule is CCOC(=O)[C@H](C)Oc1ccc2c(c1)OC(=Cc1ccc(Cl)c(Cl)c1)C2=O. The number of benzene rings is 2. The molecule has 2 aromatic rings. The molecule has 140 valence electrons. The average molecular weight is 407 g/mol. The molecule has 1 aliphatic heterocycles. The third-order valence-electron chi connectivity index (χ3n) is 3.81. The van der Waals surface area contributed by atoms with Crippen LogP contribution in [-0.2, 0) is 9.53 Å². The van der Waals surface area contributed by atoms with E-state index in [4.69, 9.17) is 37.4 Å². The third-order valence-corrected chi connectivity index (χ3v) is 4.55. The Morgan fingerprint density at radius 3 is 2.67 bits per heavy atom. The van der Waals surface area contributed by atoms with E-state index < -0.39 is 12.1 Å². The molecule has 3 rings (SSSR count). The molecule has 2 aromatic carbocycles. The maximum Gasteiger partial charge on any atom is 0.347 e. The molecule has 0 amide bonds. The number of allylic oxidation sites excluding steroid dienone is 1. The van der Waals surface area contributed by atoms with Crippen molar-refractivity contribution in [1.29, 1.82) is 0 Å². The Balaban J connectivity index is 1.79. The first-order valence-electron chi connectivity index (χ1n) is 8.25. The maximum atomic E-state index is 12.5. The van der Waals surface area contributed by atoms with Crippen LogP contribution in [0.3, 0.4) is 0 Å². The smallest absolute Gasteiger partial charge is 0.347 e. The zero-order chi connectivity index (χ0) is 19.6. The normalized spacial score (nSPS) is 15.3. The van der Waals surface area contributed by atoms with Gasteiger partial charge in [0.1, 0.15) is 11.5 Å². The van der Waals surface area contributed by atoms with E-state index in [1.54, 1.807) is 56.3 Å². The van der Waals surface area contributed by atoms with Gasteiger partial charge in [0.2, 0.25) is 5.78 Å². The highest BCUT2D eigenvalue weighted by Gasteiger charge is 2.28. The van der Waals surface area contributed by atoms with Gasteiger partial charge in [-0.25, -0.2) is 4.79 Å². The molecular formula is C20H16Cl2O5. The number of hydrogen-bond acceptors (Lipinski definition) is 5. The van der Waals surface area contributed by atoms with Crippen LogP contribution in [-0.4, -0.2) is 24.5 Å². The first kappa shape index (κ1) is 19.3. The first-order chi connectivity index (χ1) is 12.9. The van der Waals surface area contributed by atoms with Crippen molar-refractivity contribution < 1.29 is 23.8 Å². The minimum Gasteiger partial charge on any atom is -0.479 e. The predicted octanol–water partition coefficient (Wildman–Crippen LogP) is 4.94. The van der Waals surface area contributed by atoms with Crippen LogP contribution in [0, 0.1) is 0 Å². The topological polar surface area (TPSA) is 61.8 Å². The highest BCUT2D eigenvalue weighted by Crippen LogP contribution is 2.35. The molecule has 0 saturated heterocycles. The number of carbonyl (C=O) groups excluding carboxylic acids is 2. The quantitative estimate of drug-likeness (QED) is 0.519. The molecule has 0 aliphatic carbocycles. The van der Waals surface area contributed by atoms with Crippen molar-refractivity contribution in [3.63, 3.8) is 0 Å². The second-order valence-corrected chi connectivity index (χ2v) is 6.60. The molecule has 0 fully saturated rings. The maximum absolute atomic E-state index is 12.5. The molecule has 0 spiro atoms. The Morgan fingerprint density at radius 1 is 1.19 bits per heavy atom. The highest BCUT2D eigenvalue weighted by atomic mass is 35.5. The van der Waals surface area contributed by atoms with Crippen molar-refractivity contribution >= 4 is 41.0 Å². The standard InChI is InChI=1S/C20H16Cl2O5/c1-3-25-20(24)11(2)26-13-5-6-14-17(10-13)27-18(19(14)23)9-12-4-7-15(21)16(22)8-12/h4-11H,3H2,1-2H3/t11-/m0/s1. The van der Waals surface area contributed by atoms with Gasteiger partial charge in [0, 0.05) is 6.07 Å². The average Bonchev–Trinajstić information content (AvgIpc) is 2.93. The number of esters is 1. The summed E-state index contributed by atoms with van der Waals surface area (Å²) in [5.41, 5.74) is 1.10. The number of hydrogen-bond donors (Lipinski definition) is 0. The minimum absolute atomic E-state index is 0.166. The van der Waals surface area contributed by atoms with E-state index in [0.29, 0.717) is 32.7 Å². The van der Waals surface area contributed by atoms with Crippen molar-refractivity contribution in [2.45, 2.75) is 20.0 Å². The summed E-state index contributed by atoms with van der Waals surface area (Å²) in [5, 5.41) is 0.816. The summed E-state index contributed by atoms with van der Waals surface area (Å²) >= 11 is 11.9. The van der Waals surface area contributed by atoms with Crippen molar-refractivity contribution in [2.24, 2.45) is 0 Å². The fraction of sp³-hybridized carbons (Fsp3) is 0.200. The Morgan fingerprint density at radius 2 is 1.96 bits per heavy atom. The Bertz CT molecular complexity index is 936. The first-order valence-corrected chi connectivity index (χ1v) is 9.01. The van der Waals surface area contributed by atoms with Gasteiger partial charge in [0.15, 0.2) is 11.9 Å². The molecule has 0 aromatic heterocycles. The number of carbonyl (C=O) groups is 2. The van der Waals surface area contributed by atoms with Crippen LogP contribution >= 0.6 is 23.2 Å². The van der Waals surface area contributed by atoms with Gasteiger partial charge in [-0.1, -0.05) is 29.3 Å². The largest absolute Gasteiger partial charge is 0.479 e. The van der Waals surface area contributed by atoms with Gasteiger partial charge in [-0.2, -0.15) is 0 Å². The zero-order valence-corrected chi connectivity index (χ0v) is 16.1. The number of halogens is 2. The van der Waals surface area contributed by atoms with E-state index >= 15 is 0 Å². The van der Waals surface area contributed by atoms with Crippen LogP contribution in [0.4, 0.5) is 0 Å². The van der Waals surface area contributed by atoms with Crippen LogP contribution in [0.5, 0.6) is 11.5 Å². The second-order valence-electron chi connectivity index (χ2n) is 5.78. The number of fused-ring (bicyclic) bond motifs is 1. The van der Waals surface area contributed by atoms with Crippen molar-refractivity contribution in [1.82, 2.24) is 0 Å². The molecule has 0 saturated carbocycles. The third kappa shape index (κ3) is 4.26. The zero-order valence-electron chi connectivity index (χ0n) is 14.6. The monoisotopic (exact) mass is 406 g/mol. The molecule has 0 radical (unpaired) electrons. The number of Topliss-reactive ketones (excluding diaryl/α,β-unsaturated/α-hetero) is 1. The van der Waals surface area contributed by atoms with Gasteiger partial charge < -0.3 is 14.2 Å². The van der Waals surface area contributed by atoms with Crippen LogP contribution < -0.4 is 9.47 Å². The van der Waals surface area contributed by atoms with E-state index in [-0.39, 0.29) is 18.1 Å². The van der Waals surface area contributed by atoms with Gasteiger partial charge >= 0.3 is 5.97 Å². The van der Waals surface area contributed by atoms with Crippen LogP contribution in [0.1, 0.15) is 29.8 Å². The lowest BCUT2D eigenvalue weighted by Crippen LogP contribution is -2.26. The van der Waals surface area contributed by atoms with E-state index in [1.807, 2.05) is 0 Å². The highest BCUT2D eigenvalue weighted by molar-refractivity contribution is 6.42. The summed E-state index contributed by atoms with van der Waals surface area (Å²) in [4.78, 5) is 24.2. The van der Waals surface area contributed by atoms with E-state index in [0.717, 1.165) is 0 Å². The summed E-state index contributed by atoms with van der Waals surface area (Å²) in [6.45, 7) is 3.59. The van der Waals surface area contributed by atoms with E-state index in [2.05, 4.69) is 0 Å². The number of ether oxygens (including phenoxy) is 3. The summed E-state index contributed by atoms with van der Waals surface area (Å²) in [6, 6.07) is 9.80. The van der Waals surface area contributed by atoms with Gasteiger partial charge in [-0.15, -0.1) is 0 Å². The summed E-state index contributed by atoms with van der Waals surface area (Å²) in [5.74, 6) is 0.216. The minimum atomic E-state index is -0.772. The molecule has 0 unspecified atom stereocenters. The molecule has 0 bridgehead atoms. The summed E-state index contributed by atoms with van der Waals surface area (Å²) in [7, 11) is 0.